The average molecular weight is 412 g/mol. The molecule has 4 rings (SSSR count). The number of amides is 2. The molecule has 9 heteroatoms. The molecule has 1 aromatic heterocycles. The van der Waals surface area contributed by atoms with Gasteiger partial charge in [-0.3, -0.25) is 24.1 Å². The summed E-state index contributed by atoms with van der Waals surface area (Å²) in [6, 6.07) is 11.2. The maximum absolute atomic E-state index is 12.3. The first-order chi connectivity index (χ1) is 13.9. The molecule has 3 aromatic rings. The fourth-order valence-corrected chi connectivity index (χ4v) is 3.26. The Morgan fingerprint density at radius 2 is 1.76 bits per heavy atom. The second-order valence-electron chi connectivity index (χ2n) is 6.39. The molecule has 0 radical (unpaired) electrons. The van der Waals surface area contributed by atoms with Crippen LogP contribution in [0.5, 0.6) is 0 Å². The number of fused-ring (bicyclic) bond motifs is 2. The van der Waals surface area contributed by atoms with Gasteiger partial charge in [0.15, 0.2) is 0 Å². The molecule has 2 aromatic carbocycles. The number of hydrogen-bond acceptors (Lipinski definition) is 6. The van der Waals surface area contributed by atoms with Crippen molar-refractivity contribution in [3.63, 3.8) is 0 Å². The van der Waals surface area contributed by atoms with Gasteiger partial charge in [-0.05, 0) is 30.3 Å². The molecule has 0 aliphatic carbocycles. The zero-order chi connectivity index (χ0) is 20.5. The van der Waals surface area contributed by atoms with Crippen LogP contribution in [0, 0.1) is 0 Å². The van der Waals surface area contributed by atoms with Crippen LogP contribution in [0.4, 0.5) is 0 Å². The summed E-state index contributed by atoms with van der Waals surface area (Å²) in [5.74, 6) is -1.33. The molecule has 0 saturated heterocycles. The van der Waals surface area contributed by atoms with Crippen molar-refractivity contribution in [3.8, 4) is 0 Å². The minimum Gasteiger partial charge on any atom is -0.457 e. The van der Waals surface area contributed by atoms with Crippen LogP contribution in [0.2, 0.25) is 5.02 Å². The number of nitrogens with zero attached hydrogens (tertiary/aromatic N) is 2. The highest BCUT2D eigenvalue weighted by molar-refractivity contribution is 6.31. The van der Waals surface area contributed by atoms with Gasteiger partial charge in [-0.2, -0.15) is 0 Å². The number of halogens is 1. The highest BCUT2D eigenvalue weighted by Gasteiger charge is 2.35. The largest absolute Gasteiger partial charge is 0.457 e. The molecule has 1 aliphatic rings. The zero-order valence-corrected chi connectivity index (χ0v) is 15.7. The number of ether oxygens (including phenoxy) is 1. The highest BCUT2D eigenvalue weighted by Crippen LogP contribution is 2.22. The maximum atomic E-state index is 12.3. The predicted octanol–water partition coefficient (Wildman–Crippen LogP) is 2.31. The number of carbonyl (C=O) groups is 3. The van der Waals surface area contributed by atoms with Gasteiger partial charge in [-0.25, -0.2) is 4.98 Å². The van der Waals surface area contributed by atoms with Crippen molar-refractivity contribution >= 4 is 40.3 Å². The number of aromatic nitrogens is 2. The first-order valence-corrected chi connectivity index (χ1v) is 9.11. The molecular weight excluding hydrogens is 398 g/mol. The van der Waals surface area contributed by atoms with E-state index in [2.05, 4.69) is 9.97 Å². The van der Waals surface area contributed by atoms with Crippen molar-refractivity contribution in [3.05, 3.63) is 74.8 Å². The molecule has 1 aliphatic heterocycles. The lowest BCUT2D eigenvalue weighted by atomic mass is 10.1. The lowest BCUT2D eigenvalue weighted by Crippen LogP contribution is -2.32. The Labute approximate surface area is 169 Å². The maximum Gasteiger partial charge on any atom is 0.308 e. The Morgan fingerprint density at radius 3 is 2.45 bits per heavy atom. The van der Waals surface area contributed by atoms with Gasteiger partial charge in [0.25, 0.3) is 17.4 Å². The van der Waals surface area contributed by atoms with E-state index in [1.165, 1.54) is 0 Å². The fourth-order valence-electron chi connectivity index (χ4n) is 3.10. The first-order valence-electron chi connectivity index (χ1n) is 8.73. The number of benzene rings is 2. The van der Waals surface area contributed by atoms with E-state index in [1.807, 2.05) is 0 Å². The number of imide groups is 1. The zero-order valence-electron chi connectivity index (χ0n) is 15.0. The number of nitrogens with one attached hydrogen (secondary N) is 1. The van der Waals surface area contributed by atoms with Gasteiger partial charge in [-0.15, -0.1) is 0 Å². The molecular formula is C20H14ClN3O5. The summed E-state index contributed by atoms with van der Waals surface area (Å²) in [5, 5.41) is 0.801. The monoisotopic (exact) mass is 411 g/mol. The SMILES string of the molecule is O=C(CCN1C(=O)c2ccccc2C1=O)OCc1nc2cc(Cl)ccc2c(=O)[nH]1. The highest BCUT2D eigenvalue weighted by atomic mass is 35.5. The Hall–Kier alpha value is -3.52. The Balaban J connectivity index is 1.38. The summed E-state index contributed by atoms with van der Waals surface area (Å²) in [5.41, 5.74) is 0.659. The summed E-state index contributed by atoms with van der Waals surface area (Å²) in [6.07, 6.45) is -0.172. The van der Waals surface area contributed by atoms with Crippen LogP contribution < -0.4 is 5.56 Å². The van der Waals surface area contributed by atoms with Crippen LogP contribution in [0.15, 0.2) is 47.3 Å². The van der Waals surface area contributed by atoms with Gasteiger partial charge in [0.05, 0.1) is 28.5 Å². The minimum atomic E-state index is -0.629. The molecule has 29 heavy (non-hydrogen) atoms. The minimum absolute atomic E-state index is 0.0948. The van der Waals surface area contributed by atoms with E-state index in [-0.39, 0.29) is 31.0 Å². The van der Waals surface area contributed by atoms with Gasteiger partial charge in [0.1, 0.15) is 12.4 Å². The van der Waals surface area contributed by atoms with Gasteiger partial charge < -0.3 is 9.72 Å². The molecule has 0 saturated carbocycles. The first kappa shape index (κ1) is 18.8. The normalized spacial score (nSPS) is 13.1. The molecule has 0 fully saturated rings. The van der Waals surface area contributed by atoms with Crippen molar-refractivity contribution in [2.24, 2.45) is 0 Å². The number of H-pyrrole nitrogens is 1. The standard InChI is InChI=1S/C20H14ClN3O5/c21-11-5-6-14-15(9-11)22-16(23-18(14)26)10-29-17(25)7-8-24-19(27)12-3-1-2-4-13(12)20(24)28/h1-6,9H,7-8,10H2,(H,22,23,26). The van der Waals surface area contributed by atoms with E-state index in [0.717, 1.165) is 4.90 Å². The number of carbonyl (C=O) groups excluding carboxylic acids is 3. The van der Waals surface area contributed by atoms with Crippen molar-refractivity contribution in [2.75, 3.05) is 6.54 Å². The quantitative estimate of drug-likeness (QED) is 0.509. The second-order valence-corrected chi connectivity index (χ2v) is 6.83. The lowest BCUT2D eigenvalue weighted by molar-refractivity contribution is -0.145. The third-order valence-corrected chi connectivity index (χ3v) is 4.74. The summed E-state index contributed by atoms with van der Waals surface area (Å²) in [7, 11) is 0. The number of esters is 1. The van der Waals surface area contributed by atoms with Gasteiger partial charge in [0.2, 0.25) is 0 Å². The summed E-state index contributed by atoms with van der Waals surface area (Å²) < 4.78 is 5.12. The average Bonchev–Trinajstić information content (AvgIpc) is 2.95. The molecule has 0 bridgehead atoms. The molecule has 0 unspecified atom stereocenters. The van der Waals surface area contributed by atoms with E-state index in [1.54, 1.807) is 42.5 Å². The Kier molecular flexibility index (Phi) is 4.85. The molecule has 8 nitrogen and oxygen atoms in total. The number of aromatic amines is 1. The Morgan fingerprint density at radius 1 is 1.07 bits per heavy atom. The molecule has 146 valence electrons. The van der Waals surface area contributed by atoms with Crippen LogP contribution in [-0.2, 0) is 16.1 Å². The molecule has 0 spiro atoms. The molecule has 0 atom stereocenters. The van der Waals surface area contributed by atoms with E-state index >= 15 is 0 Å². The number of rotatable bonds is 5. The molecule has 2 heterocycles. The van der Waals surface area contributed by atoms with Crippen LogP contribution in [0.1, 0.15) is 33.0 Å². The van der Waals surface area contributed by atoms with Gasteiger partial charge in [-0.1, -0.05) is 23.7 Å². The smallest absolute Gasteiger partial charge is 0.308 e. The predicted molar refractivity (Wildman–Crippen MR) is 104 cm³/mol. The van der Waals surface area contributed by atoms with Crippen LogP contribution in [0.25, 0.3) is 10.9 Å². The molecule has 1 N–H and O–H groups in total. The summed E-state index contributed by atoms with van der Waals surface area (Å²) in [4.78, 5) is 56.5. The van der Waals surface area contributed by atoms with Gasteiger partial charge >= 0.3 is 5.97 Å². The van der Waals surface area contributed by atoms with E-state index in [4.69, 9.17) is 16.3 Å². The third-order valence-electron chi connectivity index (χ3n) is 4.51. The van der Waals surface area contributed by atoms with Gasteiger partial charge in [0, 0.05) is 11.6 Å². The molecule has 2 amide bonds. The fraction of sp³-hybridized carbons (Fsp3) is 0.150. The van der Waals surface area contributed by atoms with E-state index < -0.39 is 17.8 Å². The van der Waals surface area contributed by atoms with E-state index in [9.17, 15) is 19.2 Å². The van der Waals surface area contributed by atoms with Crippen molar-refractivity contribution < 1.29 is 19.1 Å². The second kappa shape index (κ2) is 7.48. The lowest BCUT2D eigenvalue weighted by Gasteiger charge is -2.13. The van der Waals surface area contributed by atoms with Crippen molar-refractivity contribution in [2.45, 2.75) is 13.0 Å². The summed E-state index contributed by atoms with van der Waals surface area (Å²) in [6.45, 7) is -0.346. The van der Waals surface area contributed by atoms with Crippen LogP contribution in [-0.4, -0.2) is 39.2 Å². The topological polar surface area (TPSA) is 109 Å². The van der Waals surface area contributed by atoms with E-state index in [0.29, 0.717) is 27.1 Å². The van der Waals surface area contributed by atoms with Crippen LogP contribution in [0.3, 0.4) is 0 Å². The van der Waals surface area contributed by atoms with Crippen molar-refractivity contribution in [1.82, 2.24) is 14.9 Å². The number of hydrogen-bond donors (Lipinski definition) is 1. The van der Waals surface area contributed by atoms with Crippen molar-refractivity contribution in [1.29, 1.82) is 0 Å². The Bertz CT molecular complexity index is 1190. The summed E-state index contributed by atoms with van der Waals surface area (Å²) >= 11 is 5.91. The third kappa shape index (κ3) is 3.62. The van der Waals surface area contributed by atoms with Crippen LogP contribution >= 0.6 is 11.6 Å².